The van der Waals surface area contributed by atoms with E-state index in [1.165, 1.54) is 0 Å². The maximum Gasteiger partial charge on any atom is 0.303 e. The third-order valence-corrected chi connectivity index (χ3v) is 9.34. The largest absolute Gasteiger partial charge is 0.481 e. The second-order valence-corrected chi connectivity index (χ2v) is 10.6. The van der Waals surface area contributed by atoms with Gasteiger partial charge in [0.05, 0.1) is 21.0 Å². The van der Waals surface area contributed by atoms with Gasteiger partial charge in [-0.25, -0.2) is 0 Å². The van der Waals surface area contributed by atoms with Crippen molar-refractivity contribution >= 4 is 5.97 Å². The van der Waals surface area contributed by atoms with Gasteiger partial charge in [-0.1, -0.05) is 20.8 Å². The molecule has 0 aromatic carbocycles. The van der Waals surface area contributed by atoms with Crippen LogP contribution in [0.15, 0.2) is 0 Å². The Balaban J connectivity index is 1.75. The summed E-state index contributed by atoms with van der Waals surface area (Å²) in [6, 6.07) is 0. The van der Waals surface area contributed by atoms with Gasteiger partial charge in [-0.05, 0) is 97.6 Å². The Morgan fingerprint density at radius 1 is 1.21 bits per heavy atom. The van der Waals surface area contributed by atoms with E-state index < -0.39 is 65.6 Å². The number of hydrogen-bond acceptors (Lipinski definition) is 4. The van der Waals surface area contributed by atoms with Gasteiger partial charge in [-0.2, -0.15) is 0 Å². The number of carboxylic acid groups (broad SMARTS) is 1. The van der Waals surface area contributed by atoms with Gasteiger partial charge in [0, 0.05) is 11.9 Å². The van der Waals surface area contributed by atoms with Gasteiger partial charge in [-0.3, -0.25) is 4.79 Å². The summed E-state index contributed by atoms with van der Waals surface area (Å²) in [5.41, 5.74) is -1.73. The van der Waals surface area contributed by atoms with Crippen LogP contribution in [0, 0.1) is 46.3 Å². The first-order valence-corrected chi connectivity index (χ1v) is 11.1. The van der Waals surface area contributed by atoms with Crippen LogP contribution in [0.1, 0.15) is 86.7 Å². The molecule has 0 aromatic rings. The van der Waals surface area contributed by atoms with Gasteiger partial charge in [0.2, 0.25) is 0 Å². The van der Waals surface area contributed by atoms with E-state index in [0.717, 1.165) is 6.42 Å². The van der Waals surface area contributed by atoms with Crippen molar-refractivity contribution < 1.29 is 33.4 Å². The van der Waals surface area contributed by atoms with E-state index in [9.17, 15) is 20.1 Å². The topological polar surface area (TPSA) is 98.0 Å². The van der Waals surface area contributed by atoms with Gasteiger partial charge >= 0.3 is 5.97 Å². The molecule has 0 spiro atoms. The SMILES string of the molecule is [2H]C1([2H])C[C@]2(C)C3C[C@H](O)[C@]4(C)[C@@H]([C@H](C)CCC(=O)O)CC[C@H]4C3[C@]([2H])(O)C[C@@H]2C([2H])([2H])[C@]1([2H])O. The molecule has 5 heteroatoms. The van der Waals surface area contributed by atoms with Crippen molar-refractivity contribution in [1.82, 2.24) is 0 Å². The van der Waals surface area contributed by atoms with Gasteiger partial charge in [0.15, 0.2) is 0 Å². The molecule has 0 aromatic heterocycles. The maximum absolute atomic E-state index is 11.6. The molecule has 4 fully saturated rings. The summed E-state index contributed by atoms with van der Waals surface area (Å²) in [5.74, 6) is -3.43. The van der Waals surface area contributed by atoms with Gasteiger partial charge in [-0.15, -0.1) is 0 Å². The smallest absolute Gasteiger partial charge is 0.303 e. The van der Waals surface area contributed by atoms with E-state index in [4.69, 9.17) is 13.3 Å². The lowest BCUT2D eigenvalue weighted by atomic mass is 9.43. The quantitative estimate of drug-likeness (QED) is 0.565. The van der Waals surface area contributed by atoms with Crippen LogP contribution in [0.3, 0.4) is 0 Å². The number of aliphatic hydroxyl groups excluding tert-OH is 1. The lowest BCUT2D eigenvalue weighted by Crippen LogP contribution is -2.62. The zero-order valence-corrected chi connectivity index (χ0v) is 17.7. The summed E-state index contributed by atoms with van der Waals surface area (Å²) in [7, 11) is 0. The Morgan fingerprint density at radius 2 is 1.93 bits per heavy atom. The molecule has 0 radical (unpaired) electrons. The van der Waals surface area contributed by atoms with Crippen molar-refractivity contribution in [2.24, 2.45) is 46.3 Å². The van der Waals surface area contributed by atoms with Gasteiger partial charge in [0.1, 0.15) is 0 Å². The number of aliphatic hydroxyl groups is 3. The molecule has 5 nitrogen and oxygen atoms in total. The first-order valence-electron chi connectivity index (χ1n) is 14.1. The minimum atomic E-state index is -3.03. The third-order valence-electron chi connectivity index (χ3n) is 9.34. The molecule has 0 amide bonds. The summed E-state index contributed by atoms with van der Waals surface area (Å²) in [6.07, 6.45) is -9.79. The number of aliphatic carboxylic acids is 1. The molecule has 166 valence electrons. The third kappa shape index (κ3) is 3.27. The maximum atomic E-state index is 11.6. The lowest BCUT2D eigenvalue weighted by Gasteiger charge is -2.63. The number of rotatable bonds is 4. The zero-order valence-electron chi connectivity index (χ0n) is 23.7. The molecule has 2 unspecified atom stereocenters. The molecule has 0 aliphatic heterocycles. The molecule has 0 bridgehead atoms. The fraction of sp³-hybridized carbons (Fsp3) is 0.958. The van der Waals surface area contributed by atoms with Crippen LogP contribution in [-0.4, -0.2) is 44.7 Å². The molecular formula is C24H40O5. The van der Waals surface area contributed by atoms with Crippen molar-refractivity contribution in [3.05, 3.63) is 0 Å². The Morgan fingerprint density at radius 3 is 2.62 bits per heavy atom. The van der Waals surface area contributed by atoms with Crippen LogP contribution in [0.25, 0.3) is 0 Å². The highest BCUT2D eigenvalue weighted by molar-refractivity contribution is 5.66. The first kappa shape index (κ1) is 15.2. The predicted octanol–water partition coefficient (Wildman–Crippen LogP) is 3.45. The van der Waals surface area contributed by atoms with Crippen molar-refractivity contribution in [3.8, 4) is 0 Å². The molecule has 29 heavy (non-hydrogen) atoms. The van der Waals surface area contributed by atoms with Gasteiger partial charge in [0.25, 0.3) is 0 Å². The van der Waals surface area contributed by atoms with Crippen LogP contribution in [0.5, 0.6) is 0 Å². The molecule has 4 saturated carbocycles. The van der Waals surface area contributed by atoms with E-state index in [-0.39, 0.29) is 43.4 Å². The Hall–Kier alpha value is -0.650. The summed E-state index contributed by atoms with van der Waals surface area (Å²) >= 11 is 0. The molecule has 0 heterocycles. The minimum absolute atomic E-state index is 0.00620. The molecule has 0 saturated heterocycles. The van der Waals surface area contributed by atoms with Crippen molar-refractivity contribution in [1.29, 1.82) is 0 Å². The molecule has 4 N–H and O–H groups in total. The highest BCUT2D eigenvalue weighted by Gasteiger charge is 2.65. The fourth-order valence-corrected chi connectivity index (χ4v) is 7.63. The van der Waals surface area contributed by atoms with Crippen molar-refractivity contribution in [3.63, 3.8) is 0 Å². The van der Waals surface area contributed by atoms with Crippen LogP contribution < -0.4 is 0 Å². The van der Waals surface area contributed by atoms with E-state index in [1.807, 2.05) is 13.8 Å². The highest BCUT2D eigenvalue weighted by atomic mass is 16.4. The Kier molecular flexibility index (Phi) is 3.93. The number of carboxylic acids is 1. The Bertz CT molecular complexity index is 880. The second kappa shape index (κ2) is 7.49. The second-order valence-electron chi connectivity index (χ2n) is 10.6. The monoisotopic (exact) mass is 414 g/mol. The Labute approximate surface area is 183 Å². The summed E-state index contributed by atoms with van der Waals surface area (Å²) < 4.78 is 51.2. The average Bonchev–Trinajstić information content (AvgIpc) is 3.06. The summed E-state index contributed by atoms with van der Waals surface area (Å²) in [4.78, 5) is 11.1. The first-order chi connectivity index (χ1) is 15.7. The van der Waals surface area contributed by atoms with Crippen LogP contribution in [-0.2, 0) is 4.79 Å². The summed E-state index contributed by atoms with van der Waals surface area (Å²) in [5, 5.41) is 42.9. The standard InChI is InChI=1S/C24H40O5/c1-13(4-7-21(28)29)16-5-6-17-22-18(12-20(27)24(16,17)3)23(2)9-8-15(25)10-14(23)11-19(22)26/h13-20,22,25-27H,4-12H2,1-3H3,(H,28,29)/t13-,14+,15-,16-,17+,18?,19-,20+,22?,23+,24-/m1/s1/i8D2,10D2,15D,19D. The van der Waals surface area contributed by atoms with Crippen LogP contribution in [0.2, 0.25) is 0 Å². The fourth-order valence-electron chi connectivity index (χ4n) is 7.63. The average molecular weight is 415 g/mol. The number of fused-ring (bicyclic) bond motifs is 5. The van der Waals surface area contributed by atoms with E-state index in [2.05, 4.69) is 0 Å². The van der Waals surface area contributed by atoms with E-state index >= 15 is 0 Å². The van der Waals surface area contributed by atoms with Crippen LogP contribution >= 0.6 is 0 Å². The molecule has 4 aliphatic rings. The lowest BCUT2D eigenvalue weighted by molar-refractivity contribution is -0.207. The summed E-state index contributed by atoms with van der Waals surface area (Å²) in [6.45, 7) is 5.71. The van der Waals surface area contributed by atoms with Crippen LogP contribution in [0.4, 0.5) is 0 Å². The number of carbonyl (C=O) groups is 1. The number of hydrogen-bond donors (Lipinski definition) is 4. The van der Waals surface area contributed by atoms with Gasteiger partial charge < -0.3 is 20.4 Å². The van der Waals surface area contributed by atoms with E-state index in [1.54, 1.807) is 6.92 Å². The zero-order chi connectivity index (χ0) is 26.6. The normalized spacial score (nSPS) is 64.5. The van der Waals surface area contributed by atoms with E-state index in [0.29, 0.717) is 12.8 Å². The molecular weight excluding hydrogens is 368 g/mol. The highest BCUT2D eigenvalue weighted by Crippen LogP contribution is 2.68. The predicted molar refractivity (Wildman–Crippen MR) is 110 cm³/mol. The minimum Gasteiger partial charge on any atom is -0.481 e. The molecule has 4 aliphatic carbocycles. The molecule has 4 rings (SSSR count). The molecule has 11 atom stereocenters. The van der Waals surface area contributed by atoms with Crippen molar-refractivity contribution in [2.45, 2.75) is 96.7 Å². The van der Waals surface area contributed by atoms with Crippen molar-refractivity contribution in [2.75, 3.05) is 0 Å².